The van der Waals surface area contributed by atoms with Crippen molar-refractivity contribution in [2.24, 2.45) is 10.4 Å². The zero-order chi connectivity index (χ0) is 17.7. The maximum Gasteiger partial charge on any atom is 0.191 e. The number of likely N-dealkylation sites (tertiary alicyclic amines) is 1. The van der Waals surface area contributed by atoms with Gasteiger partial charge in [0.15, 0.2) is 5.96 Å². The molecule has 144 valence electrons. The van der Waals surface area contributed by atoms with Crippen molar-refractivity contribution in [3.8, 4) is 0 Å². The Morgan fingerprint density at radius 2 is 1.88 bits per heavy atom. The summed E-state index contributed by atoms with van der Waals surface area (Å²) in [6.07, 6.45) is 10.6. The van der Waals surface area contributed by atoms with Crippen molar-refractivity contribution in [3.63, 3.8) is 0 Å². The van der Waals surface area contributed by atoms with Crippen LogP contribution in [0.5, 0.6) is 0 Å². The zero-order valence-corrected chi connectivity index (χ0v) is 16.5. The van der Waals surface area contributed by atoms with Gasteiger partial charge < -0.3 is 20.3 Å². The van der Waals surface area contributed by atoms with Gasteiger partial charge in [-0.3, -0.25) is 4.99 Å². The van der Waals surface area contributed by atoms with E-state index in [1.165, 1.54) is 64.6 Å². The molecule has 2 unspecified atom stereocenters. The molecule has 0 aromatic rings. The quantitative estimate of drug-likeness (QED) is 0.571. The molecule has 3 aliphatic rings. The van der Waals surface area contributed by atoms with Crippen molar-refractivity contribution in [2.45, 2.75) is 83.4 Å². The van der Waals surface area contributed by atoms with Crippen LogP contribution in [0.2, 0.25) is 0 Å². The first-order valence-electron chi connectivity index (χ1n) is 10.6. The van der Waals surface area contributed by atoms with Crippen molar-refractivity contribution in [3.05, 3.63) is 0 Å². The maximum absolute atomic E-state index is 6.04. The molecular weight excluding hydrogens is 312 g/mol. The second-order valence-electron chi connectivity index (χ2n) is 8.15. The summed E-state index contributed by atoms with van der Waals surface area (Å²) >= 11 is 0. The Bertz CT molecular complexity index is 439. The van der Waals surface area contributed by atoms with E-state index in [1.54, 1.807) is 0 Å². The van der Waals surface area contributed by atoms with Crippen molar-refractivity contribution >= 4 is 5.96 Å². The predicted octanol–water partition coefficient (Wildman–Crippen LogP) is 2.76. The molecule has 1 heterocycles. The Morgan fingerprint density at radius 3 is 2.48 bits per heavy atom. The van der Waals surface area contributed by atoms with Gasteiger partial charge in [0, 0.05) is 44.2 Å². The number of piperidine rings is 1. The minimum Gasteiger partial charge on any atom is -0.378 e. The SMILES string of the molecule is CCCN1CCC(NC(=NC)NC2CC(OCC)C23CCCC3)CC1. The number of hydrogen-bond donors (Lipinski definition) is 2. The van der Waals surface area contributed by atoms with Gasteiger partial charge in [-0.05, 0) is 52.0 Å². The van der Waals surface area contributed by atoms with Gasteiger partial charge in [-0.2, -0.15) is 0 Å². The van der Waals surface area contributed by atoms with E-state index in [-0.39, 0.29) is 0 Å². The van der Waals surface area contributed by atoms with Gasteiger partial charge in [-0.25, -0.2) is 0 Å². The highest BCUT2D eigenvalue weighted by molar-refractivity contribution is 5.80. The average molecular weight is 351 g/mol. The monoisotopic (exact) mass is 350 g/mol. The molecular formula is C20H38N4O. The minimum atomic E-state index is 0.359. The van der Waals surface area contributed by atoms with Gasteiger partial charge in [0.25, 0.3) is 0 Å². The number of ether oxygens (including phenoxy) is 1. The third-order valence-corrected chi connectivity index (χ3v) is 6.69. The van der Waals surface area contributed by atoms with Gasteiger partial charge >= 0.3 is 0 Å². The molecule has 2 N–H and O–H groups in total. The van der Waals surface area contributed by atoms with E-state index in [1.807, 2.05) is 7.05 Å². The number of rotatable bonds is 6. The molecule has 0 radical (unpaired) electrons. The van der Waals surface area contributed by atoms with Gasteiger partial charge in [0.05, 0.1) is 6.10 Å². The zero-order valence-electron chi connectivity index (χ0n) is 16.5. The van der Waals surface area contributed by atoms with Crippen LogP contribution in [-0.4, -0.2) is 62.3 Å². The first-order chi connectivity index (χ1) is 12.2. The van der Waals surface area contributed by atoms with Crippen LogP contribution in [0.3, 0.4) is 0 Å². The first kappa shape index (κ1) is 19.0. The summed E-state index contributed by atoms with van der Waals surface area (Å²) in [5.74, 6) is 1.00. The lowest BCUT2D eigenvalue weighted by Crippen LogP contribution is -2.65. The number of aliphatic imine (C=N–C) groups is 1. The molecule has 1 saturated heterocycles. The summed E-state index contributed by atoms with van der Waals surface area (Å²) < 4.78 is 6.04. The molecule has 3 fully saturated rings. The Kier molecular flexibility index (Phi) is 6.61. The van der Waals surface area contributed by atoms with E-state index < -0.39 is 0 Å². The molecule has 5 nitrogen and oxygen atoms in total. The van der Waals surface area contributed by atoms with Gasteiger partial charge in [0.2, 0.25) is 0 Å². The number of nitrogens with one attached hydrogen (secondary N) is 2. The topological polar surface area (TPSA) is 48.9 Å². The molecule has 3 rings (SSSR count). The van der Waals surface area contributed by atoms with Crippen molar-refractivity contribution in [1.82, 2.24) is 15.5 Å². The largest absolute Gasteiger partial charge is 0.378 e. The lowest BCUT2D eigenvalue weighted by atomic mass is 9.60. The standard InChI is InChI=1S/C20H38N4O/c1-4-12-24-13-8-16(9-14-24)22-19(21-3)23-17-15-18(25-5-2)20(17)10-6-7-11-20/h16-18H,4-15H2,1-3H3,(H2,21,22,23). The second kappa shape index (κ2) is 8.72. The highest BCUT2D eigenvalue weighted by Gasteiger charge is 2.57. The third-order valence-electron chi connectivity index (χ3n) is 6.69. The van der Waals surface area contributed by atoms with Crippen LogP contribution in [0.15, 0.2) is 4.99 Å². The fraction of sp³-hybridized carbons (Fsp3) is 0.950. The average Bonchev–Trinajstić information content (AvgIpc) is 3.14. The number of guanidine groups is 1. The molecule has 5 heteroatoms. The molecule has 0 amide bonds. The van der Waals surface area contributed by atoms with E-state index in [0.29, 0.717) is 23.6 Å². The second-order valence-corrected chi connectivity index (χ2v) is 8.15. The van der Waals surface area contributed by atoms with E-state index >= 15 is 0 Å². The van der Waals surface area contributed by atoms with Crippen molar-refractivity contribution in [2.75, 3.05) is 33.3 Å². The van der Waals surface area contributed by atoms with E-state index in [9.17, 15) is 0 Å². The molecule has 1 aliphatic heterocycles. The van der Waals surface area contributed by atoms with Crippen molar-refractivity contribution in [1.29, 1.82) is 0 Å². The number of nitrogens with zero attached hydrogens (tertiary/aromatic N) is 2. The summed E-state index contributed by atoms with van der Waals surface area (Å²) in [5.41, 5.74) is 0.359. The molecule has 2 saturated carbocycles. The predicted molar refractivity (Wildman–Crippen MR) is 104 cm³/mol. The third kappa shape index (κ3) is 4.13. The molecule has 2 atom stereocenters. The molecule has 0 aromatic carbocycles. The van der Waals surface area contributed by atoms with Gasteiger partial charge in [0.1, 0.15) is 0 Å². The Balaban J connectivity index is 1.50. The smallest absolute Gasteiger partial charge is 0.191 e. The van der Waals surface area contributed by atoms with E-state index in [4.69, 9.17) is 4.74 Å². The fourth-order valence-corrected chi connectivity index (χ4v) is 5.24. The number of hydrogen-bond acceptors (Lipinski definition) is 3. The normalized spacial score (nSPS) is 30.4. The summed E-state index contributed by atoms with van der Waals surface area (Å²) in [5, 5.41) is 7.45. The molecule has 0 bridgehead atoms. The van der Waals surface area contributed by atoms with Crippen LogP contribution in [0.1, 0.15) is 65.2 Å². The van der Waals surface area contributed by atoms with Gasteiger partial charge in [-0.1, -0.05) is 19.8 Å². The van der Waals surface area contributed by atoms with Gasteiger partial charge in [-0.15, -0.1) is 0 Å². The highest BCUT2D eigenvalue weighted by Crippen LogP contribution is 2.54. The van der Waals surface area contributed by atoms with Crippen LogP contribution in [0, 0.1) is 5.41 Å². The van der Waals surface area contributed by atoms with Crippen LogP contribution in [0.4, 0.5) is 0 Å². The highest BCUT2D eigenvalue weighted by atomic mass is 16.5. The summed E-state index contributed by atoms with van der Waals surface area (Å²) in [7, 11) is 1.90. The fourth-order valence-electron chi connectivity index (χ4n) is 5.24. The van der Waals surface area contributed by atoms with Crippen LogP contribution < -0.4 is 10.6 Å². The Hall–Kier alpha value is -0.810. The van der Waals surface area contributed by atoms with E-state index in [0.717, 1.165) is 19.0 Å². The molecule has 0 aromatic heterocycles. The Labute approximate surface area is 154 Å². The van der Waals surface area contributed by atoms with Crippen LogP contribution in [-0.2, 0) is 4.74 Å². The van der Waals surface area contributed by atoms with Crippen LogP contribution in [0.25, 0.3) is 0 Å². The van der Waals surface area contributed by atoms with Crippen molar-refractivity contribution < 1.29 is 4.74 Å². The minimum absolute atomic E-state index is 0.359. The summed E-state index contributed by atoms with van der Waals surface area (Å²) in [6, 6.07) is 1.08. The van der Waals surface area contributed by atoms with Crippen LogP contribution >= 0.6 is 0 Å². The summed E-state index contributed by atoms with van der Waals surface area (Å²) in [6.45, 7) is 8.88. The maximum atomic E-state index is 6.04. The molecule has 25 heavy (non-hydrogen) atoms. The molecule has 2 aliphatic carbocycles. The lowest BCUT2D eigenvalue weighted by molar-refractivity contribution is -0.125. The Morgan fingerprint density at radius 1 is 1.16 bits per heavy atom. The lowest BCUT2D eigenvalue weighted by Gasteiger charge is -2.54. The summed E-state index contributed by atoms with van der Waals surface area (Å²) in [4.78, 5) is 7.11. The molecule has 1 spiro atoms. The first-order valence-corrected chi connectivity index (χ1v) is 10.6. The van der Waals surface area contributed by atoms with E-state index in [2.05, 4.69) is 34.4 Å².